The Balaban J connectivity index is 2.19. The SMILES string of the molecule is CCC(C)CC(=O)NCC1CCC(C(=O)O)O1. The normalized spacial score (nSPS) is 25.5. The molecule has 0 aromatic carbocycles. The lowest BCUT2D eigenvalue weighted by Gasteiger charge is -2.13. The minimum atomic E-state index is -0.918. The molecule has 5 heteroatoms. The highest BCUT2D eigenvalue weighted by molar-refractivity contribution is 5.76. The van der Waals surface area contributed by atoms with Gasteiger partial charge >= 0.3 is 5.97 Å². The van der Waals surface area contributed by atoms with E-state index in [9.17, 15) is 9.59 Å². The number of nitrogens with one attached hydrogen (secondary N) is 1. The maximum absolute atomic E-state index is 11.5. The highest BCUT2D eigenvalue weighted by atomic mass is 16.5. The van der Waals surface area contributed by atoms with E-state index in [0.717, 1.165) is 6.42 Å². The first-order valence-corrected chi connectivity index (χ1v) is 6.17. The summed E-state index contributed by atoms with van der Waals surface area (Å²) in [5, 5.41) is 11.5. The molecule has 0 saturated carbocycles. The molecule has 5 nitrogen and oxygen atoms in total. The topological polar surface area (TPSA) is 75.6 Å². The van der Waals surface area contributed by atoms with Crippen LogP contribution in [-0.4, -0.2) is 35.7 Å². The summed E-state index contributed by atoms with van der Waals surface area (Å²) in [6.07, 6.45) is 1.87. The van der Waals surface area contributed by atoms with Gasteiger partial charge in [-0.1, -0.05) is 20.3 Å². The van der Waals surface area contributed by atoms with Gasteiger partial charge < -0.3 is 15.2 Å². The van der Waals surface area contributed by atoms with E-state index in [4.69, 9.17) is 9.84 Å². The predicted molar refractivity (Wildman–Crippen MR) is 62.6 cm³/mol. The second kappa shape index (κ2) is 6.59. The van der Waals surface area contributed by atoms with Crippen LogP contribution in [0.25, 0.3) is 0 Å². The van der Waals surface area contributed by atoms with Crippen LogP contribution in [0.4, 0.5) is 0 Å². The zero-order valence-electron chi connectivity index (χ0n) is 10.4. The molecule has 0 bridgehead atoms. The Morgan fingerprint density at radius 1 is 1.47 bits per heavy atom. The molecular formula is C12H21NO4. The fourth-order valence-electron chi connectivity index (χ4n) is 1.80. The molecule has 17 heavy (non-hydrogen) atoms. The van der Waals surface area contributed by atoms with E-state index in [1.54, 1.807) is 0 Å². The fourth-order valence-corrected chi connectivity index (χ4v) is 1.80. The smallest absolute Gasteiger partial charge is 0.332 e. The molecule has 0 aromatic rings. The van der Waals surface area contributed by atoms with E-state index >= 15 is 0 Å². The van der Waals surface area contributed by atoms with Gasteiger partial charge in [-0.3, -0.25) is 4.79 Å². The number of aliphatic carboxylic acids is 1. The zero-order valence-corrected chi connectivity index (χ0v) is 10.4. The summed E-state index contributed by atoms with van der Waals surface area (Å²) in [5.74, 6) is -0.522. The van der Waals surface area contributed by atoms with Crippen molar-refractivity contribution in [2.24, 2.45) is 5.92 Å². The number of carbonyl (C=O) groups is 2. The van der Waals surface area contributed by atoms with E-state index in [1.165, 1.54) is 0 Å². The minimum absolute atomic E-state index is 0.0155. The van der Waals surface area contributed by atoms with Crippen LogP contribution in [0.2, 0.25) is 0 Å². The lowest BCUT2D eigenvalue weighted by molar-refractivity contribution is -0.149. The predicted octanol–water partition coefficient (Wildman–Crippen LogP) is 1.17. The van der Waals surface area contributed by atoms with Crippen molar-refractivity contribution >= 4 is 11.9 Å². The highest BCUT2D eigenvalue weighted by Gasteiger charge is 2.30. The summed E-state index contributed by atoms with van der Waals surface area (Å²) < 4.78 is 5.29. The molecule has 1 heterocycles. The second-order valence-electron chi connectivity index (χ2n) is 4.68. The van der Waals surface area contributed by atoms with Gasteiger partial charge in [0, 0.05) is 13.0 Å². The Morgan fingerprint density at radius 2 is 2.18 bits per heavy atom. The van der Waals surface area contributed by atoms with Gasteiger partial charge in [0.15, 0.2) is 6.10 Å². The summed E-state index contributed by atoms with van der Waals surface area (Å²) in [6.45, 7) is 4.50. The zero-order chi connectivity index (χ0) is 12.8. The quantitative estimate of drug-likeness (QED) is 0.734. The second-order valence-corrected chi connectivity index (χ2v) is 4.68. The number of carboxylic acid groups (broad SMARTS) is 1. The van der Waals surface area contributed by atoms with Crippen molar-refractivity contribution in [3.63, 3.8) is 0 Å². The summed E-state index contributed by atoms with van der Waals surface area (Å²) in [7, 11) is 0. The van der Waals surface area contributed by atoms with Gasteiger partial charge in [0.25, 0.3) is 0 Å². The van der Waals surface area contributed by atoms with Crippen LogP contribution in [0, 0.1) is 5.92 Å². The van der Waals surface area contributed by atoms with Crippen LogP contribution >= 0.6 is 0 Å². The molecular weight excluding hydrogens is 222 g/mol. The summed E-state index contributed by atoms with van der Waals surface area (Å²) in [4.78, 5) is 22.2. The number of ether oxygens (including phenoxy) is 1. The van der Waals surface area contributed by atoms with Crippen molar-refractivity contribution in [1.82, 2.24) is 5.32 Å². The standard InChI is InChI=1S/C12H21NO4/c1-3-8(2)6-11(14)13-7-9-4-5-10(17-9)12(15)16/h8-10H,3-7H2,1-2H3,(H,13,14)(H,15,16). The third-order valence-electron chi connectivity index (χ3n) is 3.14. The van der Waals surface area contributed by atoms with Gasteiger partial charge in [0.2, 0.25) is 5.91 Å². The lowest BCUT2D eigenvalue weighted by Crippen LogP contribution is -2.33. The third-order valence-corrected chi connectivity index (χ3v) is 3.14. The summed E-state index contributed by atoms with van der Waals surface area (Å²) in [6, 6.07) is 0. The first kappa shape index (κ1) is 14.0. The monoisotopic (exact) mass is 243 g/mol. The molecule has 3 atom stereocenters. The Hall–Kier alpha value is -1.10. The van der Waals surface area contributed by atoms with Crippen LogP contribution in [0.15, 0.2) is 0 Å². The largest absolute Gasteiger partial charge is 0.479 e. The molecule has 1 saturated heterocycles. The van der Waals surface area contributed by atoms with Crippen LogP contribution in [0.3, 0.4) is 0 Å². The van der Waals surface area contributed by atoms with E-state index in [1.807, 2.05) is 6.92 Å². The molecule has 1 aliphatic heterocycles. The van der Waals surface area contributed by atoms with Crippen molar-refractivity contribution in [2.45, 2.75) is 51.7 Å². The average Bonchev–Trinajstić information content (AvgIpc) is 2.75. The van der Waals surface area contributed by atoms with Gasteiger partial charge in [-0.2, -0.15) is 0 Å². The summed E-state index contributed by atoms with van der Waals surface area (Å²) in [5.41, 5.74) is 0. The minimum Gasteiger partial charge on any atom is -0.479 e. The number of amides is 1. The molecule has 1 rings (SSSR count). The third kappa shape index (κ3) is 4.73. The van der Waals surface area contributed by atoms with E-state index in [0.29, 0.717) is 31.7 Å². The van der Waals surface area contributed by atoms with Crippen LogP contribution < -0.4 is 5.32 Å². The number of hydrogen-bond donors (Lipinski definition) is 2. The molecule has 0 aliphatic carbocycles. The lowest BCUT2D eigenvalue weighted by atomic mass is 10.1. The molecule has 1 amide bonds. The molecule has 2 N–H and O–H groups in total. The van der Waals surface area contributed by atoms with E-state index in [2.05, 4.69) is 12.2 Å². The molecule has 1 fully saturated rings. The fraction of sp³-hybridized carbons (Fsp3) is 0.833. The van der Waals surface area contributed by atoms with E-state index in [-0.39, 0.29) is 12.0 Å². The Kier molecular flexibility index (Phi) is 5.41. The van der Waals surface area contributed by atoms with Gasteiger partial charge in [0.1, 0.15) is 0 Å². The van der Waals surface area contributed by atoms with Gasteiger partial charge in [-0.15, -0.1) is 0 Å². The Morgan fingerprint density at radius 3 is 2.71 bits per heavy atom. The molecule has 3 unspecified atom stereocenters. The van der Waals surface area contributed by atoms with Crippen molar-refractivity contribution in [2.75, 3.05) is 6.54 Å². The molecule has 1 aliphatic rings. The average molecular weight is 243 g/mol. The molecule has 98 valence electrons. The first-order chi connectivity index (χ1) is 8.02. The van der Waals surface area contributed by atoms with Crippen LogP contribution in [0.5, 0.6) is 0 Å². The van der Waals surface area contributed by atoms with Crippen molar-refractivity contribution in [1.29, 1.82) is 0 Å². The maximum Gasteiger partial charge on any atom is 0.332 e. The first-order valence-electron chi connectivity index (χ1n) is 6.17. The summed E-state index contributed by atoms with van der Waals surface area (Å²) >= 11 is 0. The Bertz CT molecular complexity index is 280. The van der Waals surface area contributed by atoms with Crippen molar-refractivity contribution < 1.29 is 19.4 Å². The number of rotatable bonds is 6. The molecule has 0 aromatic heterocycles. The van der Waals surface area contributed by atoms with E-state index < -0.39 is 12.1 Å². The van der Waals surface area contributed by atoms with Gasteiger partial charge in [-0.25, -0.2) is 4.79 Å². The molecule has 0 radical (unpaired) electrons. The molecule has 0 spiro atoms. The Labute approximate surface area is 102 Å². The number of hydrogen-bond acceptors (Lipinski definition) is 3. The highest BCUT2D eigenvalue weighted by Crippen LogP contribution is 2.19. The van der Waals surface area contributed by atoms with Crippen molar-refractivity contribution in [3.05, 3.63) is 0 Å². The van der Waals surface area contributed by atoms with Crippen molar-refractivity contribution in [3.8, 4) is 0 Å². The number of carboxylic acids is 1. The maximum atomic E-state index is 11.5. The van der Waals surface area contributed by atoms with Gasteiger partial charge in [0.05, 0.1) is 6.10 Å². The van der Waals surface area contributed by atoms with Crippen LogP contribution in [-0.2, 0) is 14.3 Å². The van der Waals surface area contributed by atoms with Crippen LogP contribution in [0.1, 0.15) is 39.5 Å². The number of carbonyl (C=O) groups excluding carboxylic acids is 1. The van der Waals surface area contributed by atoms with Gasteiger partial charge in [-0.05, 0) is 18.8 Å².